The lowest BCUT2D eigenvalue weighted by molar-refractivity contribution is -0.149. The van der Waals surface area contributed by atoms with E-state index >= 15 is 0 Å². The first kappa shape index (κ1) is 18.1. The standard InChI is InChI=1S/C18H23F2N3O2S/c1-3-25-14(24)7-13-10-6-11(9-23(13)8-10)15-12-4-5-18(19,20)16(12)22-17(21-15)26-2/h10-11,13H,3-9H2,1-2H3. The van der Waals surface area contributed by atoms with Gasteiger partial charge in [-0.1, -0.05) is 11.8 Å². The summed E-state index contributed by atoms with van der Waals surface area (Å²) in [6, 6.07) is 0.224. The third-order valence-electron chi connectivity index (χ3n) is 5.83. The minimum Gasteiger partial charge on any atom is -0.466 e. The molecule has 5 nitrogen and oxygen atoms in total. The Morgan fingerprint density at radius 1 is 1.38 bits per heavy atom. The van der Waals surface area contributed by atoms with Crippen LogP contribution >= 0.6 is 11.8 Å². The van der Waals surface area contributed by atoms with Crippen molar-refractivity contribution in [1.29, 1.82) is 0 Å². The molecule has 26 heavy (non-hydrogen) atoms. The summed E-state index contributed by atoms with van der Waals surface area (Å²) in [5.74, 6) is -2.45. The van der Waals surface area contributed by atoms with Gasteiger partial charge in [0.25, 0.3) is 5.92 Å². The van der Waals surface area contributed by atoms with Gasteiger partial charge in [-0.3, -0.25) is 9.69 Å². The SMILES string of the molecule is CCOC(=O)CC1C2CC(c3nc(SC)nc4c3CCC4(F)F)CN1C2. The Hall–Kier alpha value is -1.28. The van der Waals surface area contributed by atoms with Gasteiger partial charge in [0.15, 0.2) is 5.16 Å². The fraction of sp³-hybridized carbons (Fsp3) is 0.722. The maximum Gasteiger partial charge on any atom is 0.307 e. The average molecular weight is 383 g/mol. The number of hydrogen-bond donors (Lipinski definition) is 0. The van der Waals surface area contributed by atoms with Crippen molar-refractivity contribution in [2.45, 2.75) is 55.6 Å². The molecule has 0 N–H and O–H groups in total. The number of piperidine rings is 2. The molecule has 0 saturated carbocycles. The molecule has 4 heterocycles. The summed E-state index contributed by atoms with van der Waals surface area (Å²) in [6.07, 6.45) is 3.30. The van der Waals surface area contributed by atoms with Crippen molar-refractivity contribution in [1.82, 2.24) is 14.9 Å². The largest absolute Gasteiger partial charge is 0.466 e. The summed E-state index contributed by atoms with van der Waals surface area (Å²) < 4.78 is 33.5. The molecular weight excluding hydrogens is 360 g/mol. The number of aromatic nitrogens is 2. The molecule has 8 heteroatoms. The molecule has 2 bridgehead atoms. The predicted molar refractivity (Wildman–Crippen MR) is 93.5 cm³/mol. The van der Waals surface area contributed by atoms with Crippen LogP contribution in [0.15, 0.2) is 5.16 Å². The number of nitrogens with zero attached hydrogens (tertiary/aromatic N) is 3. The van der Waals surface area contributed by atoms with Crippen LogP contribution in [0.4, 0.5) is 8.78 Å². The molecule has 4 unspecified atom stereocenters. The fourth-order valence-corrected chi connectivity index (χ4v) is 5.00. The molecule has 4 aliphatic rings. The summed E-state index contributed by atoms with van der Waals surface area (Å²) >= 11 is 1.31. The zero-order valence-electron chi connectivity index (χ0n) is 15.0. The van der Waals surface area contributed by atoms with Gasteiger partial charge in [0.1, 0.15) is 5.69 Å². The molecule has 0 radical (unpaired) electrons. The van der Waals surface area contributed by atoms with E-state index in [1.807, 2.05) is 13.2 Å². The summed E-state index contributed by atoms with van der Waals surface area (Å²) in [5.41, 5.74) is 1.40. The number of carbonyl (C=O) groups excluding carboxylic acids is 1. The second-order valence-corrected chi connectivity index (χ2v) is 8.12. The van der Waals surface area contributed by atoms with Crippen LogP contribution in [0.5, 0.6) is 0 Å². The van der Waals surface area contributed by atoms with E-state index in [2.05, 4.69) is 14.9 Å². The van der Waals surface area contributed by atoms with Gasteiger partial charge in [-0.05, 0) is 31.9 Å². The second-order valence-electron chi connectivity index (χ2n) is 7.35. The smallest absolute Gasteiger partial charge is 0.307 e. The number of hydrogen-bond acceptors (Lipinski definition) is 6. The lowest BCUT2D eigenvalue weighted by Crippen LogP contribution is -2.62. The fourth-order valence-electron chi connectivity index (χ4n) is 4.63. The molecule has 142 valence electrons. The second kappa shape index (κ2) is 6.71. The van der Waals surface area contributed by atoms with Crippen LogP contribution < -0.4 is 0 Å². The van der Waals surface area contributed by atoms with Crippen LogP contribution in [0.3, 0.4) is 0 Å². The number of esters is 1. The minimum atomic E-state index is -2.85. The van der Waals surface area contributed by atoms with Crippen LogP contribution in [0.2, 0.25) is 0 Å². The van der Waals surface area contributed by atoms with Crippen LogP contribution in [0, 0.1) is 5.92 Å². The Kier molecular flexibility index (Phi) is 4.67. The summed E-state index contributed by atoms with van der Waals surface area (Å²) in [7, 11) is 0. The molecule has 0 spiro atoms. The highest BCUT2D eigenvalue weighted by Gasteiger charge is 2.49. The highest BCUT2D eigenvalue weighted by atomic mass is 32.2. The van der Waals surface area contributed by atoms with E-state index in [9.17, 15) is 13.6 Å². The van der Waals surface area contributed by atoms with Crippen molar-refractivity contribution < 1.29 is 18.3 Å². The zero-order valence-corrected chi connectivity index (χ0v) is 15.8. The number of rotatable bonds is 5. The maximum absolute atomic E-state index is 14.2. The van der Waals surface area contributed by atoms with Gasteiger partial charge < -0.3 is 4.74 Å². The van der Waals surface area contributed by atoms with Gasteiger partial charge in [-0.25, -0.2) is 9.97 Å². The number of alkyl halides is 2. The van der Waals surface area contributed by atoms with E-state index in [1.54, 1.807) is 0 Å². The van der Waals surface area contributed by atoms with E-state index < -0.39 is 5.92 Å². The average Bonchev–Trinajstić information content (AvgIpc) is 2.94. The number of ether oxygens (including phenoxy) is 1. The third-order valence-corrected chi connectivity index (χ3v) is 6.38. The first-order chi connectivity index (χ1) is 12.4. The Morgan fingerprint density at radius 3 is 2.85 bits per heavy atom. The van der Waals surface area contributed by atoms with Gasteiger partial charge >= 0.3 is 5.97 Å². The summed E-state index contributed by atoms with van der Waals surface area (Å²) in [6.45, 7) is 3.95. The Labute approximate surface area is 155 Å². The van der Waals surface area contributed by atoms with E-state index in [-0.39, 0.29) is 30.0 Å². The molecule has 0 aromatic carbocycles. The minimum absolute atomic E-state index is 0.0656. The maximum atomic E-state index is 14.2. The van der Waals surface area contributed by atoms with E-state index in [0.717, 1.165) is 25.2 Å². The van der Waals surface area contributed by atoms with E-state index in [0.29, 0.717) is 36.1 Å². The zero-order chi connectivity index (χ0) is 18.5. The lowest BCUT2D eigenvalue weighted by Gasteiger charge is -2.55. The molecule has 1 aromatic rings. The molecule has 3 aliphatic heterocycles. The normalized spacial score (nSPS) is 31.2. The number of thioether (sulfide) groups is 1. The van der Waals surface area contributed by atoms with Gasteiger partial charge in [0.05, 0.1) is 18.7 Å². The molecule has 0 amide bonds. The molecule has 3 fully saturated rings. The van der Waals surface area contributed by atoms with Crippen LogP contribution in [0.25, 0.3) is 0 Å². The molecule has 1 aromatic heterocycles. The van der Waals surface area contributed by atoms with Crippen molar-refractivity contribution in [2.75, 3.05) is 26.0 Å². The first-order valence-electron chi connectivity index (χ1n) is 9.15. The molecular formula is C18H23F2N3O2S. The third kappa shape index (κ3) is 3.01. The van der Waals surface area contributed by atoms with Crippen molar-refractivity contribution in [3.63, 3.8) is 0 Å². The van der Waals surface area contributed by atoms with Gasteiger partial charge in [-0.2, -0.15) is 8.78 Å². The molecule has 4 atom stereocenters. The number of fused-ring (bicyclic) bond motifs is 3. The van der Waals surface area contributed by atoms with Crippen molar-refractivity contribution in [2.24, 2.45) is 5.92 Å². The molecule has 1 aliphatic carbocycles. The van der Waals surface area contributed by atoms with Gasteiger partial charge in [0, 0.05) is 37.0 Å². The predicted octanol–water partition coefficient (Wildman–Crippen LogP) is 2.98. The monoisotopic (exact) mass is 383 g/mol. The van der Waals surface area contributed by atoms with E-state index in [1.165, 1.54) is 11.8 Å². The van der Waals surface area contributed by atoms with E-state index in [4.69, 9.17) is 4.74 Å². The van der Waals surface area contributed by atoms with Crippen molar-refractivity contribution >= 4 is 17.7 Å². The topological polar surface area (TPSA) is 55.3 Å². The Morgan fingerprint density at radius 2 is 2.19 bits per heavy atom. The summed E-state index contributed by atoms with van der Waals surface area (Å²) in [4.78, 5) is 22.8. The van der Waals surface area contributed by atoms with Gasteiger partial charge in [0.2, 0.25) is 0 Å². The molecule has 3 saturated heterocycles. The Bertz CT molecular complexity index is 719. The highest BCUT2D eigenvalue weighted by Crippen LogP contribution is 2.47. The quantitative estimate of drug-likeness (QED) is 0.443. The first-order valence-corrected chi connectivity index (χ1v) is 10.4. The lowest BCUT2D eigenvalue weighted by atomic mass is 9.72. The highest BCUT2D eigenvalue weighted by molar-refractivity contribution is 7.98. The van der Waals surface area contributed by atoms with Crippen molar-refractivity contribution in [3.8, 4) is 0 Å². The molecule has 5 rings (SSSR count). The van der Waals surface area contributed by atoms with Crippen LogP contribution in [-0.4, -0.2) is 52.8 Å². The van der Waals surface area contributed by atoms with Gasteiger partial charge in [-0.15, -0.1) is 0 Å². The number of carbonyl (C=O) groups is 1. The summed E-state index contributed by atoms with van der Waals surface area (Å²) in [5, 5.41) is 0.428. The van der Waals surface area contributed by atoms with Crippen LogP contribution in [-0.2, 0) is 21.9 Å². The van der Waals surface area contributed by atoms with Crippen molar-refractivity contribution in [3.05, 3.63) is 17.0 Å². The number of halogens is 2. The Balaban J connectivity index is 1.54. The van der Waals surface area contributed by atoms with Crippen LogP contribution in [0.1, 0.15) is 49.1 Å².